The van der Waals surface area contributed by atoms with Gasteiger partial charge in [-0.15, -0.1) is 0 Å². The molecule has 6 nitrogen and oxygen atoms in total. The number of nitrogens with one attached hydrogen (secondary N) is 1. The molecule has 0 spiro atoms. The van der Waals surface area contributed by atoms with E-state index < -0.39 is 0 Å². The minimum absolute atomic E-state index is 0.101. The Labute approximate surface area is 192 Å². The van der Waals surface area contributed by atoms with Crippen molar-refractivity contribution in [3.8, 4) is 11.6 Å². The lowest BCUT2D eigenvalue weighted by Crippen LogP contribution is -2.30. The molecule has 1 amide bonds. The fourth-order valence-electron chi connectivity index (χ4n) is 3.72. The molecule has 1 N–H and O–H groups in total. The Morgan fingerprint density at radius 1 is 1.09 bits per heavy atom. The van der Waals surface area contributed by atoms with Gasteiger partial charge in [-0.05, 0) is 56.0 Å². The molecule has 0 saturated heterocycles. The molecule has 0 unspecified atom stereocenters. The van der Waals surface area contributed by atoms with E-state index in [9.17, 15) is 4.79 Å². The molecule has 2 heterocycles. The Bertz CT molecular complexity index is 1270. The average molecular weight is 449 g/mol. The van der Waals surface area contributed by atoms with E-state index >= 15 is 0 Å². The number of aryl methyl sites for hydroxylation is 2. The maximum atomic E-state index is 12.2. The van der Waals surface area contributed by atoms with Crippen molar-refractivity contribution < 1.29 is 9.53 Å². The third-order valence-electron chi connectivity index (χ3n) is 5.38. The average Bonchev–Trinajstić information content (AvgIpc) is 3.11. The topological polar surface area (TPSA) is 69.0 Å². The van der Waals surface area contributed by atoms with Crippen molar-refractivity contribution in [1.82, 2.24) is 20.1 Å². The minimum atomic E-state index is -0.184. The highest BCUT2D eigenvalue weighted by atomic mass is 35.5. The van der Waals surface area contributed by atoms with E-state index in [1.165, 1.54) is 5.56 Å². The Morgan fingerprint density at radius 3 is 2.66 bits per heavy atom. The van der Waals surface area contributed by atoms with E-state index in [2.05, 4.69) is 15.4 Å². The van der Waals surface area contributed by atoms with Crippen molar-refractivity contribution in [2.45, 2.75) is 27.2 Å². The van der Waals surface area contributed by atoms with Crippen LogP contribution in [-0.2, 0) is 11.2 Å². The van der Waals surface area contributed by atoms with Crippen LogP contribution in [0, 0.1) is 20.8 Å². The summed E-state index contributed by atoms with van der Waals surface area (Å²) in [5.41, 5.74) is 5.48. The van der Waals surface area contributed by atoms with Crippen LogP contribution in [0.4, 0.5) is 0 Å². The number of halogens is 1. The fraction of sp³-hybridized carbons (Fsp3) is 0.240. The maximum Gasteiger partial charge on any atom is 0.258 e. The summed E-state index contributed by atoms with van der Waals surface area (Å²) in [6.07, 6.45) is 0.771. The quantitative estimate of drug-likeness (QED) is 0.443. The Morgan fingerprint density at radius 2 is 1.88 bits per heavy atom. The van der Waals surface area contributed by atoms with Crippen molar-refractivity contribution in [3.63, 3.8) is 0 Å². The second kappa shape index (κ2) is 9.40. The monoisotopic (exact) mass is 448 g/mol. The van der Waals surface area contributed by atoms with E-state index in [4.69, 9.17) is 16.3 Å². The van der Waals surface area contributed by atoms with Gasteiger partial charge in [0.05, 0.1) is 11.4 Å². The normalized spacial score (nSPS) is 11.0. The SMILES string of the molecule is Cc1c(Cl)cccc1-n1nc(C)c2c(C)cc(OCC(=O)NCCc3ccccc3)nc21. The molecular formula is C25H25ClN4O2. The number of hydrogen-bond donors (Lipinski definition) is 1. The van der Waals surface area contributed by atoms with Crippen LogP contribution in [0.1, 0.15) is 22.4 Å². The highest BCUT2D eigenvalue weighted by molar-refractivity contribution is 6.31. The summed E-state index contributed by atoms with van der Waals surface area (Å²) in [5, 5.41) is 9.20. The van der Waals surface area contributed by atoms with Crippen LogP contribution < -0.4 is 10.1 Å². The summed E-state index contributed by atoms with van der Waals surface area (Å²) in [4.78, 5) is 16.9. The van der Waals surface area contributed by atoms with Crippen LogP contribution in [0.25, 0.3) is 16.7 Å². The Hall–Kier alpha value is -3.38. The molecule has 2 aromatic carbocycles. The van der Waals surface area contributed by atoms with Crippen molar-refractivity contribution >= 4 is 28.5 Å². The van der Waals surface area contributed by atoms with Crippen LogP contribution in [0.2, 0.25) is 5.02 Å². The maximum absolute atomic E-state index is 12.2. The first kappa shape index (κ1) is 21.8. The van der Waals surface area contributed by atoms with Gasteiger partial charge in [-0.1, -0.05) is 48.0 Å². The minimum Gasteiger partial charge on any atom is -0.468 e. The molecule has 0 aliphatic carbocycles. The first-order valence-corrected chi connectivity index (χ1v) is 10.9. The molecular weight excluding hydrogens is 424 g/mol. The van der Waals surface area contributed by atoms with E-state index in [0.29, 0.717) is 23.1 Å². The summed E-state index contributed by atoms with van der Waals surface area (Å²) in [5.74, 6) is 0.199. The van der Waals surface area contributed by atoms with Gasteiger partial charge in [0, 0.05) is 23.0 Å². The molecule has 32 heavy (non-hydrogen) atoms. The van der Waals surface area contributed by atoms with Crippen LogP contribution in [0.5, 0.6) is 5.88 Å². The summed E-state index contributed by atoms with van der Waals surface area (Å²) in [6, 6.07) is 17.6. The van der Waals surface area contributed by atoms with E-state index in [0.717, 1.165) is 34.3 Å². The molecule has 0 fully saturated rings. The van der Waals surface area contributed by atoms with Gasteiger partial charge in [-0.3, -0.25) is 4.79 Å². The number of aromatic nitrogens is 3. The second-order valence-corrected chi connectivity index (χ2v) is 8.14. The zero-order valence-corrected chi connectivity index (χ0v) is 19.1. The van der Waals surface area contributed by atoms with Crippen molar-refractivity contribution in [1.29, 1.82) is 0 Å². The van der Waals surface area contributed by atoms with Crippen LogP contribution >= 0.6 is 11.6 Å². The fourth-order valence-corrected chi connectivity index (χ4v) is 3.89. The molecule has 0 bridgehead atoms. The van der Waals surface area contributed by atoms with Crippen molar-refractivity contribution in [2.24, 2.45) is 0 Å². The smallest absolute Gasteiger partial charge is 0.258 e. The molecule has 4 aromatic rings. The molecule has 4 rings (SSSR count). The van der Waals surface area contributed by atoms with Crippen molar-refractivity contribution in [2.75, 3.05) is 13.2 Å². The number of fused-ring (bicyclic) bond motifs is 1. The molecule has 0 radical (unpaired) electrons. The summed E-state index contributed by atoms with van der Waals surface area (Å²) >= 11 is 6.32. The number of carbonyl (C=O) groups is 1. The standard InChI is InChI=1S/C25H25ClN4O2/c1-16-14-23(32-15-22(31)27-13-12-19-8-5-4-6-9-19)28-25-24(16)18(3)29-30(25)21-11-7-10-20(26)17(21)2/h4-11,14H,12-13,15H2,1-3H3,(H,27,31). The Balaban J connectivity index is 1.50. The Kier molecular flexibility index (Phi) is 6.42. The van der Waals surface area contributed by atoms with Gasteiger partial charge in [0.1, 0.15) is 0 Å². The second-order valence-electron chi connectivity index (χ2n) is 7.73. The van der Waals surface area contributed by atoms with Crippen molar-refractivity contribution in [3.05, 3.63) is 82.0 Å². The molecule has 0 aliphatic rings. The van der Waals surface area contributed by atoms with Gasteiger partial charge in [-0.2, -0.15) is 10.1 Å². The molecule has 2 aromatic heterocycles. The number of benzene rings is 2. The lowest BCUT2D eigenvalue weighted by Gasteiger charge is -2.10. The molecule has 0 aliphatic heterocycles. The molecule has 7 heteroatoms. The third kappa shape index (κ3) is 4.60. The van der Waals surface area contributed by atoms with E-state index in [1.54, 1.807) is 4.68 Å². The summed E-state index contributed by atoms with van der Waals surface area (Å²) in [7, 11) is 0. The predicted molar refractivity (Wildman–Crippen MR) is 127 cm³/mol. The van der Waals surface area contributed by atoms with Gasteiger partial charge in [0.2, 0.25) is 5.88 Å². The molecule has 0 saturated carbocycles. The highest BCUT2D eigenvalue weighted by Crippen LogP contribution is 2.29. The van der Waals surface area contributed by atoms with Gasteiger partial charge < -0.3 is 10.1 Å². The number of nitrogens with zero attached hydrogens (tertiary/aromatic N) is 3. The lowest BCUT2D eigenvalue weighted by molar-refractivity contribution is -0.123. The van der Waals surface area contributed by atoms with E-state index in [-0.39, 0.29) is 12.5 Å². The van der Waals surface area contributed by atoms with Crippen LogP contribution in [-0.4, -0.2) is 33.8 Å². The summed E-state index contributed by atoms with van der Waals surface area (Å²) < 4.78 is 7.51. The number of ether oxygens (including phenoxy) is 1. The largest absolute Gasteiger partial charge is 0.468 e. The lowest BCUT2D eigenvalue weighted by atomic mass is 10.1. The first-order chi connectivity index (χ1) is 15.4. The van der Waals surface area contributed by atoms with Gasteiger partial charge in [0.15, 0.2) is 12.3 Å². The number of pyridine rings is 1. The van der Waals surface area contributed by atoms with Gasteiger partial charge >= 0.3 is 0 Å². The number of rotatable bonds is 7. The zero-order chi connectivity index (χ0) is 22.7. The molecule has 0 atom stereocenters. The number of amides is 1. The molecule has 164 valence electrons. The first-order valence-electron chi connectivity index (χ1n) is 10.5. The van der Waals surface area contributed by atoms with Crippen LogP contribution in [0.3, 0.4) is 0 Å². The highest BCUT2D eigenvalue weighted by Gasteiger charge is 2.17. The van der Waals surface area contributed by atoms with Gasteiger partial charge in [-0.25, -0.2) is 4.68 Å². The number of carbonyl (C=O) groups excluding carboxylic acids is 1. The van der Waals surface area contributed by atoms with Gasteiger partial charge in [0.25, 0.3) is 5.91 Å². The zero-order valence-electron chi connectivity index (χ0n) is 18.4. The summed E-state index contributed by atoms with van der Waals surface area (Å²) in [6.45, 7) is 6.34. The number of hydrogen-bond acceptors (Lipinski definition) is 4. The van der Waals surface area contributed by atoms with E-state index in [1.807, 2.05) is 75.4 Å². The van der Waals surface area contributed by atoms with Crippen LogP contribution in [0.15, 0.2) is 54.6 Å². The third-order valence-corrected chi connectivity index (χ3v) is 5.79. The predicted octanol–water partition coefficient (Wildman–Crippen LogP) is 4.74.